The van der Waals surface area contributed by atoms with E-state index in [0.29, 0.717) is 0 Å². The summed E-state index contributed by atoms with van der Waals surface area (Å²) in [6.45, 7) is 1.83. The second kappa shape index (κ2) is 5.42. The summed E-state index contributed by atoms with van der Waals surface area (Å²) in [5.41, 5.74) is 8.47. The van der Waals surface area contributed by atoms with E-state index < -0.39 is 17.7 Å². The lowest BCUT2D eigenvalue weighted by Gasteiger charge is -2.12. The lowest BCUT2D eigenvalue weighted by atomic mass is 10.0. The highest BCUT2D eigenvalue weighted by atomic mass is 79.9. The number of hydrogen-bond donors (Lipinski definition) is 1. The monoisotopic (exact) mass is 332 g/mol. The largest absolute Gasteiger partial charge is 0.323 e. The third-order valence-electron chi connectivity index (χ3n) is 2.68. The van der Waals surface area contributed by atoms with Crippen molar-refractivity contribution in [2.24, 2.45) is 5.73 Å². The first-order valence-corrected chi connectivity index (χ1v) is 6.96. The summed E-state index contributed by atoms with van der Waals surface area (Å²) >= 11 is 4.44. The molecule has 18 heavy (non-hydrogen) atoms. The van der Waals surface area contributed by atoms with Gasteiger partial charge >= 0.3 is 0 Å². The number of nitrogens with zero attached hydrogens (tertiary/aromatic N) is 1. The summed E-state index contributed by atoms with van der Waals surface area (Å²) in [5.74, 6) is -1.17. The maximum absolute atomic E-state index is 13.8. The Morgan fingerprint density at radius 1 is 1.44 bits per heavy atom. The predicted molar refractivity (Wildman–Crippen MR) is 71.5 cm³/mol. The van der Waals surface area contributed by atoms with Crippen molar-refractivity contribution < 1.29 is 8.78 Å². The quantitative estimate of drug-likeness (QED) is 0.869. The molecule has 1 aromatic heterocycles. The van der Waals surface area contributed by atoms with Gasteiger partial charge in [-0.1, -0.05) is 0 Å². The average Bonchev–Trinajstić information content (AvgIpc) is 2.76. The van der Waals surface area contributed by atoms with Crippen LogP contribution in [0.5, 0.6) is 0 Å². The fourth-order valence-electron chi connectivity index (χ4n) is 1.74. The molecule has 0 radical (unpaired) electrons. The highest BCUT2D eigenvalue weighted by Gasteiger charge is 2.18. The molecule has 0 aliphatic rings. The Kier molecular flexibility index (Phi) is 4.09. The van der Waals surface area contributed by atoms with Crippen LogP contribution in [0.2, 0.25) is 0 Å². The molecule has 1 heterocycles. The SMILES string of the molecule is Cc1ncsc1C(N)Cc1c(F)ccc(Br)c1F. The smallest absolute Gasteiger partial charge is 0.143 e. The molecular formula is C12H11BrF2N2S. The van der Waals surface area contributed by atoms with E-state index in [4.69, 9.17) is 5.73 Å². The number of thiazole rings is 1. The molecule has 2 aromatic rings. The van der Waals surface area contributed by atoms with E-state index in [1.165, 1.54) is 23.5 Å². The second-order valence-corrected chi connectivity index (χ2v) is 5.68. The number of rotatable bonds is 3. The van der Waals surface area contributed by atoms with Gasteiger partial charge in [0.25, 0.3) is 0 Å². The molecule has 0 spiro atoms. The highest BCUT2D eigenvalue weighted by Crippen LogP contribution is 2.28. The van der Waals surface area contributed by atoms with Gasteiger partial charge in [0.1, 0.15) is 11.6 Å². The first kappa shape index (κ1) is 13.6. The standard InChI is InChI=1S/C12H11BrF2N2S/c1-6-12(18-5-17-6)10(16)4-7-9(14)3-2-8(13)11(7)15/h2-3,5,10H,4,16H2,1H3. The number of benzene rings is 1. The summed E-state index contributed by atoms with van der Waals surface area (Å²) in [5, 5.41) is 0. The molecule has 0 aliphatic carbocycles. The summed E-state index contributed by atoms with van der Waals surface area (Å²) in [6, 6.07) is 2.13. The van der Waals surface area contributed by atoms with Crippen LogP contribution in [0.3, 0.4) is 0 Å². The molecule has 1 atom stereocenters. The Balaban J connectivity index is 2.30. The maximum Gasteiger partial charge on any atom is 0.143 e. The zero-order chi connectivity index (χ0) is 13.3. The summed E-state index contributed by atoms with van der Waals surface area (Å²) < 4.78 is 27.7. The Bertz CT molecular complexity index is 571. The normalized spacial score (nSPS) is 12.7. The van der Waals surface area contributed by atoms with Crippen LogP contribution in [-0.4, -0.2) is 4.98 Å². The van der Waals surface area contributed by atoms with Crippen LogP contribution in [0.15, 0.2) is 22.1 Å². The van der Waals surface area contributed by atoms with Crippen molar-refractivity contribution in [3.63, 3.8) is 0 Å². The minimum atomic E-state index is -0.590. The zero-order valence-corrected chi connectivity index (χ0v) is 12.0. The molecule has 2 N–H and O–H groups in total. The van der Waals surface area contributed by atoms with Gasteiger partial charge in [0.05, 0.1) is 15.7 Å². The number of nitrogens with two attached hydrogens (primary N) is 1. The van der Waals surface area contributed by atoms with Crippen LogP contribution in [-0.2, 0) is 6.42 Å². The number of halogens is 3. The predicted octanol–water partition coefficient (Wildman–Crippen LogP) is 3.73. The maximum atomic E-state index is 13.8. The van der Waals surface area contributed by atoms with E-state index in [0.717, 1.165) is 10.6 Å². The van der Waals surface area contributed by atoms with Gasteiger partial charge in [-0.15, -0.1) is 11.3 Å². The van der Waals surface area contributed by atoms with Crippen molar-refractivity contribution in [2.45, 2.75) is 19.4 Å². The van der Waals surface area contributed by atoms with Gasteiger partial charge < -0.3 is 5.73 Å². The van der Waals surface area contributed by atoms with Crippen LogP contribution >= 0.6 is 27.3 Å². The Hall–Kier alpha value is -0.850. The van der Waals surface area contributed by atoms with Crippen molar-refractivity contribution in [3.05, 3.63) is 49.9 Å². The fourth-order valence-corrected chi connectivity index (χ4v) is 2.91. The molecular weight excluding hydrogens is 322 g/mol. The Morgan fingerprint density at radius 2 is 2.17 bits per heavy atom. The van der Waals surface area contributed by atoms with Crippen molar-refractivity contribution in [2.75, 3.05) is 0 Å². The van der Waals surface area contributed by atoms with Gasteiger partial charge in [0.15, 0.2) is 0 Å². The lowest BCUT2D eigenvalue weighted by molar-refractivity contribution is 0.537. The van der Waals surface area contributed by atoms with Crippen molar-refractivity contribution >= 4 is 27.3 Å². The molecule has 0 fully saturated rings. The molecule has 0 amide bonds. The third-order valence-corrected chi connectivity index (χ3v) is 4.36. The van der Waals surface area contributed by atoms with E-state index in [9.17, 15) is 8.78 Å². The first-order valence-electron chi connectivity index (χ1n) is 5.28. The van der Waals surface area contributed by atoms with Crippen molar-refractivity contribution in [1.29, 1.82) is 0 Å². The number of aryl methyl sites for hydroxylation is 1. The molecule has 0 bridgehead atoms. The van der Waals surface area contributed by atoms with Crippen LogP contribution in [0, 0.1) is 18.6 Å². The summed E-state index contributed by atoms with van der Waals surface area (Å²) in [6.07, 6.45) is 0.111. The van der Waals surface area contributed by atoms with Gasteiger partial charge in [-0.2, -0.15) is 0 Å². The molecule has 1 unspecified atom stereocenters. The van der Waals surface area contributed by atoms with E-state index in [1.807, 2.05) is 6.92 Å². The molecule has 0 saturated heterocycles. The topological polar surface area (TPSA) is 38.9 Å². The van der Waals surface area contributed by atoms with Gasteiger partial charge in [-0.25, -0.2) is 13.8 Å². The minimum Gasteiger partial charge on any atom is -0.323 e. The molecule has 0 saturated carbocycles. The molecule has 6 heteroatoms. The lowest BCUT2D eigenvalue weighted by Crippen LogP contribution is -2.15. The highest BCUT2D eigenvalue weighted by molar-refractivity contribution is 9.10. The zero-order valence-electron chi connectivity index (χ0n) is 9.58. The summed E-state index contributed by atoms with van der Waals surface area (Å²) in [4.78, 5) is 4.94. The fraction of sp³-hybridized carbons (Fsp3) is 0.250. The van der Waals surface area contributed by atoms with Crippen LogP contribution in [0.4, 0.5) is 8.78 Å². The number of hydrogen-bond acceptors (Lipinski definition) is 3. The van der Waals surface area contributed by atoms with E-state index >= 15 is 0 Å². The summed E-state index contributed by atoms with van der Waals surface area (Å²) in [7, 11) is 0. The minimum absolute atomic E-state index is 0.00433. The Labute approximate surface area is 116 Å². The van der Waals surface area contributed by atoms with E-state index in [2.05, 4.69) is 20.9 Å². The van der Waals surface area contributed by atoms with Gasteiger partial charge in [0, 0.05) is 16.5 Å². The van der Waals surface area contributed by atoms with Crippen LogP contribution in [0.1, 0.15) is 22.2 Å². The van der Waals surface area contributed by atoms with Crippen molar-refractivity contribution in [3.8, 4) is 0 Å². The van der Waals surface area contributed by atoms with Gasteiger partial charge in [-0.05, 0) is 41.4 Å². The molecule has 0 aliphatic heterocycles. The molecule has 96 valence electrons. The first-order chi connectivity index (χ1) is 8.50. The molecule has 1 aromatic carbocycles. The van der Waals surface area contributed by atoms with E-state index in [1.54, 1.807) is 5.51 Å². The number of aromatic nitrogens is 1. The molecule has 2 rings (SSSR count). The van der Waals surface area contributed by atoms with Crippen LogP contribution < -0.4 is 5.73 Å². The van der Waals surface area contributed by atoms with Crippen molar-refractivity contribution in [1.82, 2.24) is 4.98 Å². The van der Waals surface area contributed by atoms with E-state index in [-0.39, 0.29) is 16.5 Å². The average molecular weight is 333 g/mol. The Morgan fingerprint density at radius 3 is 2.78 bits per heavy atom. The molecule has 2 nitrogen and oxygen atoms in total. The third kappa shape index (κ3) is 2.60. The van der Waals surface area contributed by atoms with Gasteiger partial charge in [-0.3, -0.25) is 0 Å². The van der Waals surface area contributed by atoms with Gasteiger partial charge in [0.2, 0.25) is 0 Å². The van der Waals surface area contributed by atoms with Crippen LogP contribution in [0.25, 0.3) is 0 Å². The second-order valence-electron chi connectivity index (χ2n) is 3.93.